The highest BCUT2D eigenvalue weighted by Crippen LogP contribution is 2.77. The molecule has 5 fully saturated rings. The van der Waals surface area contributed by atoms with Gasteiger partial charge in [-0.25, -0.2) is 0 Å². The summed E-state index contributed by atoms with van der Waals surface area (Å²) in [6.07, 6.45) is 12.9. The summed E-state index contributed by atoms with van der Waals surface area (Å²) in [5.74, 6) is 2.89. The first kappa shape index (κ1) is 27.5. The van der Waals surface area contributed by atoms with Gasteiger partial charge in [0.15, 0.2) is 0 Å². The second-order valence-corrected chi connectivity index (χ2v) is 16.0. The van der Waals surface area contributed by atoms with Crippen LogP contribution >= 0.6 is 0 Å². The van der Waals surface area contributed by atoms with E-state index in [0.29, 0.717) is 36.1 Å². The van der Waals surface area contributed by atoms with Crippen molar-refractivity contribution in [2.45, 2.75) is 118 Å². The molecule has 0 aliphatic heterocycles. The van der Waals surface area contributed by atoms with Crippen molar-refractivity contribution < 1.29 is 9.90 Å². The fourth-order valence-electron chi connectivity index (χ4n) is 12.3. The maximum absolute atomic E-state index is 14.1. The lowest BCUT2D eigenvalue weighted by molar-refractivity contribution is -0.246. The van der Waals surface area contributed by atoms with Crippen LogP contribution in [0.1, 0.15) is 111 Å². The zero-order chi connectivity index (χ0) is 28.0. The Morgan fingerprint density at radius 3 is 2.46 bits per heavy atom. The number of carbonyl (C=O) groups is 1. The second-order valence-electron chi connectivity index (χ2n) is 16.0. The Morgan fingerprint density at radius 1 is 1.00 bits per heavy atom. The summed E-state index contributed by atoms with van der Waals surface area (Å²) in [7, 11) is 0. The first-order valence-corrected chi connectivity index (χ1v) is 15.9. The molecule has 1 heterocycles. The Labute approximate surface area is 236 Å². The van der Waals surface area contributed by atoms with Gasteiger partial charge in [-0.05, 0) is 128 Å². The highest BCUT2D eigenvalue weighted by molar-refractivity contribution is 5.83. The molecule has 1 aromatic heterocycles. The largest absolute Gasteiger partial charge is 0.393 e. The maximum atomic E-state index is 14.1. The van der Waals surface area contributed by atoms with Crippen molar-refractivity contribution in [1.82, 2.24) is 15.5 Å². The van der Waals surface area contributed by atoms with E-state index in [9.17, 15) is 9.90 Å². The number of carbonyl (C=O) groups excluding carboxylic acids is 1. The average Bonchev–Trinajstić information content (AvgIpc) is 3.54. The first-order chi connectivity index (χ1) is 18.3. The van der Waals surface area contributed by atoms with E-state index in [1.54, 1.807) is 6.20 Å². The highest BCUT2D eigenvalue weighted by Gasteiger charge is 2.71. The average molecular weight is 536 g/mol. The molecule has 216 valence electrons. The van der Waals surface area contributed by atoms with Crippen LogP contribution in [-0.4, -0.2) is 27.3 Å². The fourth-order valence-corrected chi connectivity index (χ4v) is 12.3. The molecule has 0 unspecified atom stereocenters. The monoisotopic (exact) mass is 535 g/mol. The van der Waals surface area contributed by atoms with E-state index in [0.717, 1.165) is 44.2 Å². The number of H-pyrrole nitrogens is 1. The van der Waals surface area contributed by atoms with E-state index < -0.39 is 0 Å². The van der Waals surface area contributed by atoms with Gasteiger partial charge in [0.1, 0.15) is 0 Å². The minimum Gasteiger partial charge on any atom is -0.393 e. The van der Waals surface area contributed by atoms with Crippen LogP contribution < -0.4 is 5.32 Å². The zero-order valence-electron chi connectivity index (χ0n) is 25.4. The maximum Gasteiger partial charge on any atom is 0.226 e. The molecule has 0 bridgehead atoms. The van der Waals surface area contributed by atoms with Crippen molar-refractivity contribution in [3.63, 3.8) is 0 Å². The van der Waals surface area contributed by atoms with Crippen LogP contribution in [0.2, 0.25) is 0 Å². The van der Waals surface area contributed by atoms with E-state index in [4.69, 9.17) is 0 Å². The van der Waals surface area contributed by atoms with Gasteiger partial charge in [0.25, 0.3) is 0 Å². The number of hydrogen-bond donors (Lipinski definition) is 3. The smallest absolute Gasteiger partial charge is 0.226 e. The topological polar surface area (TPSA) is 78.0 Å². The number of aromatic amines is 1. The van der Waals surface area contributed by atoms with E-state index in [2.05, 4.69) is 63.6 Å². The lowest BCUT2D eigenvalue weighted by atomic mass is 9.32. The summed E-state index contributed by atoms with van der Waals surface area (Å²) in [6.45, 7) is 19.8. The molecule has 0 aromatic carbocycles. The summed E-state index contributed by atoms with van der Waals surface area (Å²) >= 11 is 0. The van der Waals surface area contributed by atoms with Gasteiger partial charge in [-0.2, -0.15) is 5.10 Å². The molecule has 39 heavy (non-hydrogen) atoms. The summed E-state index contributed by atoms with van der Waals surface area (Å²) < 4.78 is 0. The highest BCUT2D eigenvalue weighted by atomic mass is 16.3. The van der Waals surface area contributed by atoms with E-state index in [1.165, 1.54) is 31.3 Å². The standard InChI is InChI=1S/C34H53N3O2/c1-21(2)23-10-16-34(29(39)35-20-22-13-19-36-37-22)18-17-32(6)24(28(23)34)8-9-26-31(5)14-12-27(38)30(3,4)25(31)11-15-33(26,32)7/h13,19,23-28,38H,1,8-12,14-18,20H2,2-7H3,(H,35,39)(H,36,37)/t23-,24+,25-,26+,27-,28+,31-,32+,33+,34-/m0/s1. The minimum atomic E-state index is -0.283. The SMILES string of the molecule is C=C(C)[C@@H]1CC[C@]2(C(=O)NCc3ccn[nH]3)CC[C@]3(C)[C@H](CC[C@@H]4[C@@]5(C)CC[C@H](O)C(C)(C)[C@@H]5CC[C@]43C)[C@@H]12. The number of amides is 1. The van der Waals surface area contributed by atoms with Crippen molar-refractivity contribution in [3.05, 3.63) is 30.1 Å². The van der Waals surface area contributed by atoms with Crippen LogP contribution in [0, 0.1) is 56.7 Å². The minimum absolute atomic E-state index is 0.0168. The number of nitrogens with one attached hydrogen (secondary N) is 2. The van der Waals surface area contributed by atoms with Gasteiger partial charge in [0.05, 0.1) is 23.8 Å². The lowest BCUT2D eigenvalue weighted by Crippen LogP contribution is -2.67. The van der Waals surface area contributed by atoms with Crippen LogP contribution in [0.25, 0.3) is 0 Å². The molecule has 5 aliphatic carbocycles. The third-order valence-electron chi connectivity index (χ3n) is 14.5. The molecule has 6 rings (SSSR count). The normalized spacial score (nSPS) is 48.3. The third kappa shape index (κ3) is 3.59. The van der Waals surface area contributed by atoms with Crippen LogP contribution in [0.15, 0.2) is 24.4 Å². The van der Waals surface area contributed by atoms with Crippen LogP contribution in [0.3, 0.4) is 0 Å². The van der Waals surface area contributed by atoms with Gasteiger partial charge in [-0.3, -0.25) is 9.89 Å². The molecule has 1 aromatic rings. The van der Waals surface area contributed by atoms with Crippen LogP contribution in [0.4, 0.5) is 0 Å². The molecule has 3 N–H and O–H groups in total. The number of aliphatic hydroxyl groups is 1. The number of aliphatic hydroxyl groups excluding tert-OH is 1. The van der Waals surface area contributed by atoms with E-state index >= 15 is 0 Å². The summed E-state index contributed by atoms with van der Waals surface area (Å²) in [6, 6.07) is 1.95. The molecule has 0 radical (unpaired) electrons. The zero-order valence-corrected chi connectivity index (χ0v) is 25.4. The van der Waals surface area contributed by atoms with Gasteiger partial charge >= 0.3 is 0 Å². The van der Waals surface area contributed by atoms with E-state index in [-0.39, 0.29) is 39.1 Å². The molecule has 5 aliphatic rings. The Morgan fingerprint density at radius 2 is 1.77 bits per heavy atom. The lowest BCUT2D eigenvalue weighted by Gasteiger charge is -2.72. The van der Waals surface area contributed by atoms with Crippen LogP contribution in [0.5, 0.6) is 0 Å². The molecule has 0 saturated heterocycles. The molecule has 10 atom stereocenters. The molecular weight excluding hydrogens is 482 g/mol. The molecule has 1 amide bonds. The van der Waals surface area contributed by atoms with Gasteiger partial charge in [-0.15, -0.1) is 0 Å². The van der Waals surface area contributed by atoms with Crippen molar-refractivity contribution in [3.8, 4) is 0 Å². The van der Waals surface area contributed by atoms with Gasteiger partial charge < -0.3 is 10.4 Å². The van der Waals surface area contributed by atoms with Crippen molar-refractivity contribution in [1.29, 1.82) is 0 Å². The number of aromatic nitrogens is 2. The van der Waals surface area contributed by atoms with Crippen molar-refractivity contribution in [2.24, 2.45) is 56.7 Å². The van der Waals surface area contributed by atoms with Gasteiger partial charge in [0.2, 0.25) is 5.91 Å². The number of rotatable bonds is 4. The van der Waals surface area contributed by atoms with Crippen molar-refractivity contribution in [2.75, 3.05) is 0 Å². The number of nitrogens with zero attached hydrogens (tertiary/aromatic N) is 1. The number of fused-ring (bicyclic) bond motifs is 7. The van der Waals surface area contributed by atoms with Crippen molar-refractivity contribution >= 4 is 5.91 Å². The number of hydrogen-bond acceptors (Lipinski definition) is 3. The summed E-state index contributed by atoms with van der Waals surface area (Å²) in [5, 5.41) is 21.4. The summed E-state index contributed by atoms with van der Waals surface area (Å²) in [5.41, 5.74) is 2.71. The Balaban J connectivity index is 1.35. The fraction of sp³-hybridized carbons (Fsp3) is 0.824. The molecular formula is C34H53N3O2. The predicted molar refractivity (Wildman–Crippen MR) is 155 cm³/mol. The Kier molecular flexibility index (Phi) is 6.31. The molecule has 5 heteroatoms. The Bertz CT molecular complexity index is 1130. The molecule has 5 saturated carbocycles. The van der Waals surface area contributed by atoms with Gasteiger partial charge in [0, 0.05) is 6.20 Å². The van der Waals surface area contributed by atoms with Gasteiger partial charge in [-0.1, -0.05) is 46.8 Å². The first-order valence-electron chi connectivity index (χ1n) is 15.9. The predicted octanol–water partition coefficient (Wildman–Crippen LogP) is 7.04. The second kappa shape index (κ2) is 8.94. The molecule has 0 spiro atoms. The van der Waals surface area contributed by atoms with Crippen LogP contribution in [-0.2, 0) is 11.3 Å². The summed E-state index contributed by atoms with van der Waals surface area (Å²) in [4.78, 5) is 14.1. The van der Waals surface area contributed by atoms with E-state index in [1.807, 2.05) is 6.07 Å². The molecule has 5 nitrogen and oxygen atoms in total. The third-order valence-corrected chi connectivity index (χ3v) is 14.5. The Hall–Kier alpha value is -1.62. The quantitative estimate of drug-likeness (QED) is 0.362. The number of allylic oxidation sites excluding steroid dienone is 1.